The Morgan fingerprint density at radius 3 is 2.39 bits per heavy atom. The molecule has 2 rings (SSSR count). The second kappa shape index (κ2) is 9.09. The zero-order valence-corrected chi connectivity index (χ0v) is 14.3. The van der Waals surface area contributed by atoms with Crippen LogP contribution in [0.2, 0.25) is 0 Å². The van der Waals surface area contributed by atoms with Crippen LogP contribution in [0.3, 0.4) is 0 Å². The van der Waals surface area contributed by atoms with Gasteiger partial charge in [0, 0.05) is 5.69 Å². The molecule has 124 valence electrons. The van der Waals surface area contributed by atoms with Gasteiger partial charge in [0.1, 0.15) is 17.6 Å². The Bertz CT molecular complexity index is 580. The number of ether oxygens (including phenoxy) is 2. The number of para-hydroxylation sites is 1. The molecule has 0 aliphatic rings. The molecule has 0 aliphatic heterocycles. The van der Waals surface area contributed by atoms with Crippen LogP contribution in [-0.2, 0) is 0 Å². The van der Waals surface area contributed by atoms with Gasteiger partial charge in [0.15, 0.2) is 0 Å². The Labute approximate surface area is 139 Å². The Hall–Kier alpha value is -2.16. The fraction of sp³-hybridized carbons (Fsp3) is 0.400. The van der Waals surface area contributed by atoms with Crippen LogP contribution in [-0.4, -0.2) is 19.3 Å². The number of aryl methyl sites for hydroxylation is 1. The standard InChI is InChI=1S/C20H27NO2/c1-4-14-22-19-12-10-17(11-13-19)21-15-18(5-2)23-20-9-7-6-8-16(20)3/h6-13,18,21H,4-5,14-15H2,1-3H3/t18-/m1/s1. The number of rotatable bonds is 9. The van der Waals surface area contributed by atoms with Gasteiger partial charge in [-0.1, -0.05) is 32.0 Å². The molecule has 3 nitrogen and oxygen atoms in total. The van der Waals surface area contributed by atoms with E-state index in [1.165, 1.54) is 5.56 Å². The minimum absolute atomic E-state index is 0.145. The van der Waals surface area contributed by atoms with Crippen molar-refractivity contribution in [2.45, 2.75) is 39.7 Å². The molecule has 2 aromatic rings. The third kappa shape index (κ3) is 5.51. The molecule has 0 heterocycles. The molecule has 0 radical (unpaired) electrons. The van der Waals surface area contributed by atoms with Gasteiger partial charge in [-0.2, -0.15) is 0 Å². The van der Waals surface area contributed by atoms with E-state index in [4.69, 9.17) is 9.47 Å². The molecule has 0 aliphatic carbocycles. The molecule has 0 aromatic heterocycles. The van der Waals surface area contributed by atoms with Gasteiger partial charge in [0.05, 0.1) is 13.2 Å². The van der Waals surface area contributed by atoms with Gasteiger partial charge in [-0.3, -0.25) is 0 Å². The molecule has 0 amide bonds. The van der Waals surface area contributed by atoms with Gasteiger partial charge in [0.2, 0.25) is 0 Å². The smallest absolute Gasteiger partial charge is 0.122 e. The fourth-order valence-electron chi connectivity index (χ4n) is 2.26. The van der Waals surface area contributed by atoms with Gasteiger partial charge in [-0.25, -0.2) is 0 Å². The molecule has 2 aromatic carbocycles. The minimum atomic E-state index is 0.145. The van der Waals surface area contributed by atoms with Crippen molar-refractivity contribution in [1.82, 2.24) is 0 Å². The number of benzene rings is 2. The van der Waals surface area contributed by atoms with Crippen molar-refractivity contribution >= 4 is 5.69 Å². The third-order valence-electron chi connectivity index (χ3n) is 3.70. The number of hydrogen-bond donors (Lipinski definition) is 1. The zero-order chi connectivity index (χ0) is 16.5. The summed E-state index contributed by atoms with van der Waals surface area (Å²) in [6.07, 6.45) is 2.13. The zero-order valence-electron chi connectivity index (χ0n) is 14.3. The molecular weight excluding hydrogens is 286 g/mol. The number of anilines is 1. The largest absolute Gasteiger partial charge is 0.494 e. The molecule has 0 fully saturated rings. The van der Waals surface area contributed by atoms with E-state index < -0.39 is 0 Å². The van der Waals surface area contributed by atoms with Crippen LogP contribution < -0.4 is 14.8 Å². The van der Waals surface area contributed by atoms with Gasteiger partial charge in [-0.05, 0) is 55.7 Å². The highest BCUT2D eigenvalue weighted by atomic mass is 16.5. The van der Waals surface area contributed by atoms with Crippen LogP contribution in [0.15, 0.2) is 48.5 Å². The van der Waals surface area contributed by atoms with Crippen molar-refractivity contribution in [3.63, 3.8) is 0 Å². The first-order valence-corrected chi connectivity index (χ1v) is 8.42. The van der Waals surface area contributed by atoms with E-state index in [2.05, 4.69) is 32.2 Å². The van der Waals surface area contributed by atoms with Crippen molar-refractivity contribution < 1.29 is 9.47 Å². The Morgan fingerprint density at radius 1 is 1.00 bits per heavy atom. The Balaban J connectivity index is 1.86. The number of nitrogens with one attached hydrogen (secondary N) is 1. The lowest BCUT2D eigenvalue weighted by molar-refractivity contribution is 0.208. The molecule has 1 atom stereocenters. The average Bonchev–Trinajstić information content (AvgIpc) is 2.59. The molecular formula is C20H27NO2. The summed E-state index contributed by atoms with van der Waals surface area (Å²) in [6.45, 7) is 7.86. The van der Waals surface area contributed by atoms with Crippen LogP contribution >= 0.6 is 0 Å². The first-order valence-electron chi connectivity index (χ1n) is 8.42. The summed E-state index contributed by atoms with van der Waals surface area (Å²) in [5, 5.41) is 3.44. The summed E-state index contributed by atoms with van der Waals surface area (Å²) < 4.78 is 11.7. The Morgan fingerprint density at radius 2 is 1.74 bits per heavy atom. The predicted octanol–water partition coefficient (Wildman–Crippen LogP) is 5.05. The monoisotopic (exact) mass is 313 g/mol. The van der Waals surface area contributed by atoms with Crippen molar-refractivity contribution in [3.05, 3.63) is 54.1 Å². The van der Waals surface area contributed by atoms with Crippen molar-refractivity contribution in [2.75, 3.05) is 18.5 Å². The van der Waals surface area contributed by atoms with E-state index in [0.29, 0.717) is 0 Å². The molecule has 0 saturated carbocycles. The topological polar surface area (TPSA) is 30.5 Å². The summed E-state index contributed by atoms with van der Waals surface area (Å²) in [5.41, 5.74) is 2.25. The Kier molecular flexibility index (Phi) is 6.79. The third-order valence-corrected chi connectivity index (χ3v) is 3.70. The lowest BCUT2D eigenvalue weighted by Gasteiger charge is -2.20. The lowest BCUT2D eigenvalue weighted by atomic mass is 10.2. The lowest BCUT2D eigenvalue weighted by Crippen LogP contribution is -2.25. The van der Waals surface area contributed by atoms with E-state index in [9.17, 15) is 0 Å². The van der Waals surface area contributed by atoms with Gasteiger partial charge >= 0.3 is 0 Å². The summed E-state index contributed by atoms with van der Waals surface area (Å²) >= 11 is 0. The van der Waals surface area contributed by atoms with Gasteiger partial charge in [-0.15, -0.1) is 0 Å². The highest BCUT2D eigenvalue weighted by Crippen LogP contribution is 2.20. The molecule has 1 N–H and O–H groups in total. The van der Waals surface area contributed by atoms with E-state index in [-0.39, 0.29) is 6.10 Å². The first kappa shape index (κ1) is 17.2. The van der Waals surface area contributed by atoms with Crippen molar-refractivity contribution in [1.29, 1.82) is 0 Å². The minimum Gasteiger partial charge on any atom is -0.494 e. The van der Waals surface area contributed by atoms with E-state index in [1.807, 2.05) is 42.5 Å². The first-order chi connectivity index (χ1) is 11.2. The highest BCUT2D eigenvalue weighted by molar-refractivity contribution is 5.46. The van der Waals surface area contributed by atoms with Crippen LogP contribution in [0, 0.1) is 6.92 Å². The fourth-order valence-corrected chi connectivity index (χ4v) is 2.26. The normalized spacial score (nSPS) is 11.8. The molecule has 23 heavy (non-hydrogen) atoms. The van der Waals surface area contributed by atoms with Crippen LogP contribution in [0.1, 0.15) is 32.3 Å². The van der Waals surface area contributed by atoms with Crippen LogP contribution in [0.25, 0.3) is 0 Å². The molecule has 0 saturated heterocycles. The molecule has 0 bridgehead atoms. The second-order valence-electron chi connectivity index (χ2n) is 5.67. The van der Waals surface area contributed by atoms with Gasteiger partial charge < -0.3 is 14.8 Å². The summed E-state index contributed by atoms with van der Waals surface area (Å²) in [4.78, 5) is 0. The van der Waals surface area contributed by atoms with E-state index >= 15 is 0 Å². The van der Waals surface area contributed by atoms with E-state index in [1.54, 1.807) is 0 Å². The summed E-state index contributed by atoms with van der Waals surface area (Å²) in [5.74, 6) is 1.88. The van der Waals surface area contributed by atoms with Crippen LogP contribution in [0.4, 0.5) is 5.69 Å². The maximum atomic E-state index is 6.11. The molecule has 0 spiro atoms. The quantitative estimate of drug-likeness (QED) is 0.702. The maximum absolute atomic E-state index is 6.11. The van der Waals surface area contributed by atoms with Gasteiger partial charge in [0.25, 0.3) is 0 Å². The van der Waals surface area contributed by atoms with Crippen molar-refractivity contribution in [2.24, 2.45) is 0 Å². The second-order valence-corrected chi connectivity index (χ2v) is 5.67. The summed E-state index contributed by atoms with van der Waals surface area (Å²) in [6, 6.07) is 16.2. The van der Waals surface area contributed by atoms with Crippen molar-refractivity contribution in [3.8, 4) is 11.5 Å². The predicted molar refractivity (Wildman–Crippen MR) is 96.6 cm³/mol. The average molecular weight is 313 g/mol. The molecule has 3 heteroatoms. The SMILES string of the molecule is CCCOc1ccc(NC[C@@H](CC)Oc2ccccc2C)cc1. The van der Waals surface area contributed by atoms with Crippen LogP contribution in [0.5, 0.6) is 11.5 Å². The molecule has 0 unspecified atom stereocenters. The summed E-state index contributed by atoms with van der Waals surface area (Å²) in [7, 11) is 0. The van der Waals surface area contributed by atoms with E-state index in [0.717, 1.165) is 43.2 Å². The highest BCUT2D eigenvalue weighted by Gasteiger charge is 2.09. The maximum Gasteiger partial charge on any atom is 0.122 e. The number of hydrogen-bond acceptors (Lipinski definition) is 3.